The summed E-state index contributed by atoms with van der Waals surface area (Å²) in [5.41, 5.74) is 0. The van der Waals surface area contributed by atoms with E-state index in [1.165, 1.54) is 0 Å². The molecule has 1 saturated heterocycles. The SMILES string of the molecule is CCOC(=O)N1CCN(Cc2ccc(CO)o2)C(C)C1. The number of aliphatic hydroxyl groups is 1. The molecule has 1 unspecified atom stereocenters. The third-order valence-electron chi connectivity index (χ3n) is 3.52. The first-order valence-corrected chi connectivity index (χ1v) is 6.98. The molecule has 0 radical (unpaired) electrons. The molecule has 0 aliphatic carbocycles. The number of amides is 1. The highest BCUT2D eigenvalue weighted by Crippen LogP contribution is 2.16. The molecule has 2 heterocycles. The van der Waals surface area contributed by atoms with Crippen LogP contribution in [0.25, 0.3) is 0 Å². The Morgan fingerprint density at radius 3 is 2.80 bits per heavy atom. The number of hydrogen-bond donors (Lipinski definition) is 1. The van der Waals surface area contributed by atoms with Crippen molar-refractivity contribution in [3.05, 3.63) is 23.7 Å². The highest BCUT2D eigenvalue weighted by atomic mass is 16.6. The van der Waals surface area contributed by atoms with Crippen LogP contribution in [0.5, 0.6) is 0 Å². The minimum atomic E-state index is -0.237. The van der Waals surface area contributed by atoms with Crippen LogP contribution in [0.2, 0.25) is 0 Å². The number of aliphatic hydroxyl groups excluding tert-OH is 1. The van der Waals surface area contributed by atoms with Gasteiger partial charge in [0.05, 0.1) is 13.2 Å². The summed E-state index contributed by atoms with van der Waals surface area (Å²) in [7, 11) is 0. The summed E-state index contributed by atoms with van der Waals surface area (Å²) in [4.78, 5) is 15.7. The minimum absolute atomic E-state index is 0.0772. The van der Waals surface area contributed by atoms with Crippen LogP contribution in [0.3, 0.4) is 0 Å². The average molecular weight is 282 g/mol. The molecule has 2 rings (SSSR count). The van der Waals surface area contributed by atoms with Gasteiger partial charge in [-0.3, -0.25) is 4.90 Å². The zero-order valence-electron chi connectivity index (χ0n) is 12.0. The normalized spacial score (nSPS) is 20.1. The van der Waals surface area contributed by atoms with Crippen molar-refractivity contribution >= 4 is 6.09 Å². The molecule has 1 aliphatic heterocycles. The van der Waals surface area contributed by atoms with Crippen LogP contribution in [0.4, 0.5) is 4.79 Å². The topological polar surface area (TPSA) is 66.2 Å². The zero-order chi connectivity index (χ0) is 14.5. The maximum Gasteiger partial charge on any atom is 0.409 e. The Morgan fingerprint density at radius 1 is 1.45 bits per heavy atom. The summed E-state index contributed by atoms with van der Waals surface area (Å²) >= 11 is 0. The van der Waals surface area contributed by atoms with Crippen molar-refractivity contribution in [1.82, 2.24) is 9.80 Å². The molecule has 1 atom stereocenters. The van der Waals surface area contributed by atoms with Gasteiger partial charge in [0.2, 0.25) is 0 Å². The van der Waals surface area contributed by atoms with Crippen LogP contribution < -0.4 is 0 Å². The Labute approximate surface area is 118 Å². The standard InChI is InChI=1S/C14H22N2O4/c1-3-19-14(18)16-7-6-15(11(2)8-16)9-12-4-5-13(10-17)20-12/h4-5,11,17H,3,6-10H2,1-2H3. The fraction of sp³-hybridized carbons (Fsp3) is 0.643. The van der Waals surface area contributed by atoms with Crippen molar-refractivity contribution in [1.29, 1.82) is 0 Å². The van der Waals surface area contributed by atoms with E-state index in [-0.39, 0.29) is 18.7 Å². The third-order valence-corrected chi connectivity index (χ3v) is 3.52. The van der Waals surface area contributed by atoms with Gasteiger partial charge in [-0.1, -0.05) is 0 Å². The second-order valence-electron chi connectivity index (χ2n) is 4.99. The first-order valence-electron chi connectivity index (χ1n) is 6.98. The van der Waals surface area contributed by atoms with Crippen molar-refractivity contribution in [3.8, 4) is 0 Å². The lowest BCUT2D eigenvalue weighted by Gasteiger charge is -2.38. The number of nitrogens with zero attached hydrogens (tertiary/aromatic N) is 2. The number of hydrogen-bond acceptors (Lipinski definition) is 5. The molecule has 6 heteroatoms. The highest BCUT2D eigenvalue weighted by molar-refractivity contribution is 5.67. The molecule has 1 amide bonds. The van der Waals surface area contributed by atoms with Crippen molar-refractivity contribution < 1.29 is 19.1 Å². The predicted molar refractivity (Wildman–Crippen MR) is 73.1 cm³/mol. The van der Waals surface area contributed by atoms with E-state index in [2.05, 4.69) is 11.8 Å². The summed E-state index contributed by atoms with van der Waals surface area (Å²) in [6, 6.07) is 3.92. The van der Waals surface area contributed by atoms with E-state index in [4.69, 9.17) is 14.3 Å². The Balaban J connectivity index is 1.88. The molecular weight excluding hydrogens is 260 g/mol. The molecule has 112 valence electrons. The molecule has 0 bridgehead atoms. The Bertz CT molecular complexity index is 446. The van der Waals surface area contributed by atoms with Gasteiger partial charge in [0, 0.05) is 25.7 Å². The van der Waals surface area contributed by atoms with Crippen molar-refractivity contribution in [3.63, 3.8) is 0 Å². The fourth-order valence-corrected chi connectivity index (χ4v) is 2.40. The second kappa shape index (κ2) is 6.76. The first kappa shape index (κ1) is 14.9. The summed E-state index contributed by atoms with van der Waals surface area (Å²) in [6.07, 6.45) is -0.237. The molecule has 1 fully saturated rings. The molecule has 0 spiro atoms. The summed E-state index contributed by atoms with van der Waals surface area (Å²) in [5, 5.41) is 8.99. The number of ether oxygens (including phenoxy) is 1. The molecule has 1 aromatic heterocycles. The molecule has 0 aromatic carbocycles. The lowest BCUT2D eigenvalue weighted by atomic mass is 10.2. The quantitative estimate of drug-likeness (QED) is 0.905. The van der Waals surface area contributed by atoms with Crippen LogP contribution in [-0.4, -0.2) is 53.3 Å². The van der Waals surface area contributed by atoms with Gasteiger partial charge in [-0.25, -0.2) is 4.79 Å². The van der Waals surface area contributed by atoms with Crippen molar-refractivity contribution in [2.24, 2.45) is 0 Å². The van der Waals surface area contributed by atoms with E-state index in [1.54, 1.807) is 11.0 Å². The predicted octanol–water partition coefficient (Wildman–Crippen LogP) is 1.43. The monoisotopic (exact) mass is 282 g/mol. The molecule has 1 aromatic rings. The average Bonchev–Trinajstić information content (AvgIpc) is 2.89. The maximum absolute atomic E-state index is 11.7. The van der Waals surface area contributed by atoms with Crippen LogP contribution in [0.15, 0.2) is 16.5 Å². The molecule has 1 N–H and O–H groups in total. The van der Waals surface area contributed by atoms with Crippen LogP contribution in [0.1, 0.15) is 25.4 Å². The number of piperazine rings is 1. The summed E-state index contributed by atoms with van der Waals surface area (Å²) in [6.45, 7) is 7.03. The molecule has 6 nitrogen and oxygen atoms in total. The summed E-state index contributed by atoms with van der Waals surface area (Å²) < 4.78 is 10.5. The summed E-state index contributed by atoms with van der Waals surface area (Å²) in [5.74, 6) is 1.42. The number of rotatable bonds is 4. The Morgan fingerprint density at radius 2 is 2.20 bits per heavy atom. The van der Waals surface area contributed by atoms with E-state index in [1.807, 2.05) is 13.0 Å². The van der Waals surface area contributed by atoms with Gasteiger partial charge >= 0.3 is 6.09 Å². The van der Waals surface area contributed by atoms with Crippen molar-refractivity contribution in [2.75, 3.05) is 26.2 Å². The van der Waals surface area contributed by atoms with Gasteiger partial charge < -0.3 is 19.2 Å². The Hall–Kier alpha value is -1.53. The van der Waals surface area contributed by atoms with Gasteiger partial charge in [-0.2, -0.15) is 0 Å². The van der Waals surface area contributed by atoms with Gasteiger partial charge in [0.15, 0.2) is 0 Å². The molecule has 0 saturated carbocycles. The number of carbonyl (C=O) groups is 1. The highest BCUT2D eigenvalue weighted by Gasteiger charge is 2.27. The molecule has 20 heavy (non-hydrogen) atoms. The number of carbonyl (C=O) groups excluding carboxylic acids is 1. The Kier molecular flexibility index (Phi) is 5.03. The minimum Gasteiger partial charge on any atom is -0.462 e. The van der Waals surface area contributed by atoms with E-state index in [0.29, 0.717) is 32.0 Å². The molecular formula is C14H22N2O4. The van der Waals surface area contributed by atoms with Crippen LogP contribution in [-0.2, 0) is 17.9 Å². The second-order valence-corrected chi connectivity index (χ2v) is 4.99. The van der Waals surface area contributed by atoms with Gasteiger partial charge in [-0.05, 0) is 26.0 Å². The van der Waals surface area contributed by atoms with E-state index >= 15 is 0 Å². The maximum atomic E-state index is 11.7. The number of furan rings is 1. The molecule has 1 aliphatic rings. The van der Waals surface area contributed by atoms with E-state index in [9.17, 15) is 4.79 Å². The van der Waals surface area contributed by atoms with E-state index in [0.717, 1.165) is 12.3 Å². The van der Waals surface area contributed by atoms with Crippen LogP contribution in [0, 0.1) is 0 Å². The fourth-order valence-electron chi connectivity index (χ4n) is 2.40. The van der Waals surface area contributed by atoms with Gasteiger partial charge in [0.25, 0.3) is 0 Å². The smallest absolute Gasteiger partial charge is 0.409 e. The van der Waals surface area contributed by atoms with Crippen LogP contribution >= 0.6 is 0 Å². The lowest BCUT2D eigenvalue weighted by molar-refractivity contribution is 0.0513. The third kappa shape index (κ3) is 3.52. The van der Waals surface area contributed by atoms with E-state index < -0.39 is 0 Å². The van der Waals surface area contributed by atoms with Gasteiger partial charge in [0.1, 0.15) is 18.1 Å². The lowest BCUT2D eigenvalue weighted by Crippen LogP contribution is -2.53. The first-order chi connectivity index (χ1) is 9.63. The van der Waals surface area contributed by atoms with Crippen molar-refractivity contribution in [2.45, 2.75) is 33.0 Å². The largest absolute Gasteiger partial charge is 0.462 e. The zero-order valence-corrected chi connectivity index (χ0v) is 12.0. The van der Waals surface area contributed by atoms with Gasteiger partial charge in [-0.15, -0.1) is 0 Å².